The largest absolute Gasteiger partial charge is 0.484 e. The molecule has 0 radical (unpaired) electrons. The van der Waals surface area contributed by atoms with Gasteiger partial charge in [-0.15, -0.1) is 0 Å². The number of benzene rings is 1. The summed E-state index contributed by atoms with van der Waals surface area (Å²) in [6, 6.07) is 6.42. The fourth-order valence-electron chi connectivity index (χ4n) is 2.39. The number of hydrogen-bond acceptors (Lipinski definition) is 5. The SMILES string of the molecule is [C-]#[N+]c1ccc2c(c1)nc(SCc1nccc(OCC(F)(F)F)c1C)n2N. The lowest BCUT2D eigenvalue weighted by Gasteiger charge is -2.13. The molecule has 0 aliphatic carbocycles. The van der Waals surface area contributed by atoms with Gasteiger partial charge in [-0.25, -0.2) is 14.5 Å². The van der Waals surface area contributed by atoms with E-state index in [1.165, 1.54) is 28.7 Å². The van der Waals surface area contributed by atoms with E-state index < -0.39 is 12.8 Å². The number of hydrogen-bond donors (Lipinski definition) is 1. The monoisotopic (exact) mass is 393 g/mol. The van der Waals surface area contributed by atoms with E-state index >= 15 is 0 Å². The second-order valence-electron chi connectivity index (χ2n) is 5.62. The Morgan fingerprint density at radius 3 is 2.81 bits per heavy atom. The lowest BCUT2D eigenvalue weighted by atomic mass is 10.2. The predicted molar refractivity (Wildman–Crippen MR) is 96.2 cm³/mol. The summed E-state index contributed by atoms with van der Waals surface area (Å²) < 4.78 is 43.3. The van der Waals surface area contributed by atoms with Gasteiger partial charge in [-0.3, -0.25) is 4.98 Å². The van der Waals surface area contributed by atoms with E-state index in [-0.39, 0.29) is 5.75 Å². The molecule has 0 saturated heterocycles. The summed E-state index contributed by atoms with van der Waals surface area (Å²) in [4.78, 5) is 12.0. The van der Waals surface area contributed by atoms with Crippen molar-refractivity contribution in [3.8, 4) is 5.75 Å². The number of alkyl halides is 3. The molecule has 140 valence electrons. The van der Waals surface area contributed by atoms with Crippen molar-refractivity contribution in [1.29, 1.82) is 0 Å². The quantitative estimate of drug-likeness (QED) is 0.399. The molecule has 0 unspecified atom stereocenters. The molecule has 0 amide bonds. The van der Waals surface area contributed by atoms with Gasteiger partial charge in [0.1, 0.15) is 5.75 Å². The van der Waals surface area contributed by atoms with Crippen molar-refractivity contribution < 1.29 is 17.9 Å². The zero-order valence-corrected chi connectivity index (χ0v) is 14.9. The zero-order chi connectivity index (χ0) is 19.6. The molecule has 3 rings (SSSR count). The molecule has 1 aromatic carbocycles. The van der Waals surface area contributed by atoms with Crippen molar-refractivity contribution in [1.82, 2.24) is 14.6 Å². The highest BCUT2D eigenvalue weighted by Crippen LogP contribution is 2.30. The molecule has 0 atom stereocenters. The molecule has 0 aliphatic rings. The Kier molecular flexibility index (Phi) is 5.14. The van der Waals surface area contributed by atoms with Crippen molar-refractivity contribution in [2.75, 3.05) is 12.4 Å². The summed E-state index contributed by atoms with van der Waals surface area (Å²) in [6.07, 6.45) is -3.00. The van der Waals surface area contributed by atoms with Gasteiger partial charge in [0.2, 0.25) is 0 Å². The third-order valence-corrected chi connectivity index (χ3v) is 4.72. The molecule has 0 aliphatic heterocycles. The summed E-state index contributed by atoms with van der Waals surface area (Å²) in [5, 5.41) is 0.509. The predicted octanol–water partition coefficient (Wildman–Crippen LogP) is 4.24. The Hall–Kier alpha value is -2.93. The third-order valence-electron chi connectivity index (χ3n) is 3.76. The van der Waals surface area contributed by atoms with Gasteiger partial charge in [0.05, 0.1) is 23.3 Å². The number of halogens is 3. The number of nitrogen functional groups attached to an aromatic ring is 1. The first-order chi connectivity index (χ1) is 12.8. The minimum Gasteiger partial charge on any atom is -0.484 e. The maximum atomic E-state index is 12.4. The number of aromatic nitrogens is 3. The van der Waals surface area contributed by atoms with E-state index in [9.17, 15) is 13.2 Å². The molecule has 0 fully saturated rings. The topological polar surface area (TPSA) is 70.3 Å². The number of ether oxygens (including phenoxy) is 1. The van der Waals surface area contributed by atoms with Crippen LogP contribution in [0.1, 0.15) is 11.3 Å². The van der Waals surface area contributed by atoms with Crippen LogP contribution in [-0.2, 0) is 5.75 Å². The second kappa shape index (κ2) is 7.36. The lowest BCUT2D eigenvalue weighted by Crippen LogP contribution is -2.19. The van der Waals surface area contributed by atoms with Crippen LogP contribution in [0.25, 0.3) is 15.9 Å². The molecule has 0 bridgehead atoms. The van der Waals surface area contributed by atoms with Crippen LogP contribution in [0.3, 0.4) is 0 Å². The van der Waals surface area contributed by atoms with Crippen LogP contribution < -0.4 is 10.6 Å². The van der Waals surface area contributed by atoms with E-state index in [2.05, 4.69) is 14.8 Å². The zero-order valence-electron chi connectivity index (χ0n) is 14.1. The van der Waals surface area contributed by atoms with Gasteiger partial charge in [0.15, 0.2) is 17.5 Å². The molecular weight excluding hydrogens is 379 g/mol. The van der Waals surface area contributed by atoms with Crippen molar-refractivity contribution >= 4 is 28.5 Å². The van der Waals surface area contributed by atoms with Crippen LogP contribution in [0.2, 0.25) is 0 Å². The van der Waals surface area contributed by atoms with Crippen LogP contribution in [0.15, 0.2) is 35.6 Å². The summed E-state index contributed by atoms with van der Waals surface area (Å²) in [5.74, 6) is 6.54. The van der Waals surface area contributed by atoms with Gasteiger partial charge in [-0.2, -0.15) is 13.2 Å². The minimum atomic E-state index is -4.40. The molecule has 2 N–H and O–H groups in total. The molecule has 27 heavy (non-hydrogen) atoms. The molecule has 2 heterocycles. The summed E-state index contributed by atoms with van der Waals surface area (Å²) >= 11 is 1.29. The molecule has 2 aromatic heterocycles. The Bertz CT molecular complexity index is 1030. The Morgan fingerprint density at radius 2 is 2.11 bits per heavy atom. The van der Waals surface area contributed by atoms with Crippen LogP contribution in [0.5, 0.6) is 5.75 Å². The van der Waals surface area contributed by atoms with Crippen molar-refractivity contribution in [2.45, 2.75) is 24.0 Å². The molecule has 10 heteroatoms. The fourth-order valence-corrected chi connectivity index (χ4v) is 3.35. The van der Waals surface area contributed by atoms with Gasteiger partial charge in [0.25, 0.3) is 0 Å². The second-order valence-corrected chi connectivity index (χ2v) is 6.57. The van der Waals surface area contributed by atoms with E-state index in [0.29, 0.717) is 38.9 Å². The first-order valence-electron chi connectivity index (χ1n) is 7.70. The third kappa shape index (κ3) is 4.25. The number of imidazole rings is 1. The maximum absolute atomic E-state index is 12.4. The molecule has 0 spiro atoms. The summed E-state index contributed by atoms with van der Waals surface area (Å²) in [6.45, 7) is 7.35. The van der Waals surface area contributed by atoms with E-state index in [1.54, 1.807) is 25.1 Å². The van der Waals surface area contributed by atoms with Crippen LogP contribution >= 0.6 is 11.8 Å². The molecule has 0 saturated carbocycles. The summed E-state index contributed by atoms with van der Waals surface area (Å²) in [5.41, 5.74) is 2.85. The van der Waals surface area contributed by atoms with Gasteiger partial charge < -0.3 is 10.6 Å². The molecule has 3 aromatic rings. The average Bonchev–Trinajstić information content (AvgIpc) is 2.94. The fraction of sp³-hybridized carbons (Fsp3) is 0.235. The summed E-state index contributed by atoms with van der Waals surface area (Å²) in [7, 11) is 0. The number of rotatable bonds is 5. The van der Waals surface area contributed by atoms with Crippen molar-refractivity contribution in [3.05, 3.63) is 53.1 Å². The maximum Gasteiger partial charge on any atom is 0.422 e. The van der Waals surface area contributed by atoms with Crippen LogP contribution in [-0.4, -0.2) is 27.4 Å². The highest BCUT2D eigenvalue weighted by atomic mass is 32.2. The molecular formula is C17H14F3N5OS. The van der Waals surface area contributed by atoms with Gasteiger partial charge in [-0.05, 0) is 25.1 Å². The first kappa shape index (κ1) is 18.8. The van der Waals surface area contributed by atoms with Crippen molar-refractivity contribution in [2.24, 2.45) is 0 Å². The highest BCUT2D eigenvalue weighted by molar-refractivity contribution is 7.98. The average molecular weight is 393 g/mol. The number of fused-ring (bicyclic) bond motifs is 1. The first-order valence-corrected chi connectivity index (χ1v) is 8.69. The number of thioether (sulfide) groups is 1. The van der Waals surface area contributed by atoms with Gasteiger partial charge in [0, 0.05) is 17.5 Å². The smallest absolute Gasteiger partial charge is 0.422 e. The Balaban J connectivity index is 1.78. The van der Waals surface area contributed by atoms with Crippen LogP contribution in [0.4, 0.5) is 18.9 Å². The lowest BCUT2D eigenvalue weighted by molar-refractivity contribution is -0.153. The number of pyridine rings is 1. The minimum absolute atomic E-state index is 0.140. The molecule has 6 nitrogen and oxygen atoms in total. The van der Waals surface area contributed by atoms with E-state index in [0.717, 1.165) is 0 Å². The Morgan fingerprint density at radius 1 is 1.33 bits per heavy atom. The van der Waals surface area contributed by atoms with Crippen molar-refractivity contribution in [3.63, 3.8) is 0 Å². The van der Waals surface area contributed by atoms with E-state index in [4.69, 9.17) is 17.2 Å². The highest BCUT2D eigenvalue weighted by Gasteiger charge is 2.28. The standard InChI is InChI=1S/C17H14F3N5OS/c1-10-13(23-6-5-15(10)26-9-17(18,19)20)8-27-16-24-12-7-11(22-2)3-4-14(12)25(16)21/h3-7H,8-9,21H2,1H3. The van der Waals surface area contributed by atoms with E-state index in [1.807, 2.05) is 0 Å². The van der Waals surface area contributed by atoms with Crippen LogP contribution in [0, 0.1) is 13.5 Å². The normalized spacial score (nSPS) is 11.5. The Labute approximate surface area is 156 Å². The van der Waals surface area contributed by atoms with Gasteiger partial charge in [-0.1, -0.05) is 17.8 Å². The number of nitrogens with zero attached hydrogens (tertiary/aromatic N) is 4. The number of nitrogens with two attached hydrogens (primary N) is 1. The van der Waals surface area contributed by atoms with Gasteiger partial charge >= 0.3 is 6.18 Å².